The third-order valence-corrected chi connectivity index (χ3v) is 6.57. The maximum atomic E-state index is 13.4. The molecule has 2 aromatic carbocycles. The Labute approximate surface area is 180 Å². The lowest BCUT2D eigenvalue weighted by molar-refractivity contribution is -0.116. The van der Waals surface area contributed by atoms with Crippen molar-refractivity contribution < 1.29 is 22.3 Å². The van der Waals surface area contributed by atoms with Crippen molar-refractivity contribution in [1.29, 1.82) is 0 Å². The van der Waals surface area contributed by atoms with Crippen molar-refractivity contribution in [2.75, 3.05) is 25.5 Å². The molecule has 1 aromatic heterocycles. The quantitative estimate of drug-likeness (QED) is 0.553. The number of aromatic amines is 1. The number of aromatic nitrogens is 2. The second kappa shape index (κ2) is 9.27. The summed E-state index contributed by atoms with van der Waals surface area (Å²) in [5.41, 5.74) is 1.76. The third kappa shape index (κ3) is 5.09. The maximum Gasteiger partial charge on any atom is 0.243 e. The number of ether oxygens (including phenoxy) is 1. The Morgan fingerprint density at radius 1 is 1.23 bits per heavy atom. The highest BCUT2D eigenvalue weighted by Crippen LogP contribution is 2.24. The molecule has 164 valence electrons. The van der Waals surface area contributed by atoms with Crippen LogP contribution in [0.2, 0.25) is 0 Å². The summed E-state index contributed by atoms with van der Waals surface area (Å²) in [6, 6.07) is 12.0. The van der Waals surface area contributed by atoms with Gasteiger partial charge in [-0.3, -0.25) is 9.89 Å². The molecule has 0 aliphatic heterocycles. The number of halogens is 1. The van der Waals surface area contributed by atoms with Gasteiger partial charge in [0.05, 0.1) is 24.2 Å². The van der Waals surface area contributed by atoms with Crippen molar-refractivity contribution >= 4 is 21.7 Å². The molecular weight excluding hydrogens is 423 g/mol. The molecule has 0 fully saturated rings. The van der Waals surface area contributed by atoms with Crippen LogP contribution < -0.4 is 10.1 Å². The average molecular weight is 447 g/mol. The van der Waals surface area contributed by atoms with Gasteiger partial charge in [-0.25, -0.2) is 12.8 Å². The smallest absolute Gasteiger partial charge is 0.243 e. The molecule has 0 radical (unpaired) electrons. The molecule has 8 nitrogen and oxygen atoms in total. The van der Waals surface area contributed by atoms with Crippen LogP contribution in [-0.4, -0.2) is 49.0 Å². The van der Waals surface area contributed by atoms with Crippen LogP contribution in [0.5, 0.6) is 5.75 Å². The Hall–Kier alpha value is -3.24. The van der Waals surface area contributed by atoms with E-state index in [1.54, 1.807) is 38.1 Å². The second-order valence-corrected chi connectivity index (χ2v) is 8.73. The molecule has 0 aliphatic carbocycles. The van der Waals surface area contributed by atoms with Crippen molar-refractivity contribution in [3.05, 3.63) is 59.9 Å². The topological polar surface area (TPSA) is 104 Å². The van der Waals surface area contributed by atoms with E-state index < -0.39 is 21.7 Å². The van der Waals surface area contributed by atoms with Crippen LogP contribution in [0.25, 0.3) is 11.3 Å². The molecule has 0 unspecified atom stereocenters. The minimum absolute atomic E-state index is 0.0774. The Kier molecular flexibility index (Phi) is 6.71. The number of methoxy groups -OCH3 is 1. The molecule has 0 saturated heterocycles. The zero-order valence-corrected chi connectivity index (χ0v) is 18.2. The largest absolute Gasteiger partial charge is 0.496 e. The van der Waals surface area contributed by atoms with Crippen LogP contribution in [-0.2, 0) is 14.8 Å². The number of benzene rings is 2. The van der Waals surface area contributed by atoms with Crippen LogP contribution in [0.3, 0.4) is 0 Å². The summed E-state index contributed by atoms with van der Waals surface area (Å²) in [5.74, 6) is -0.159. The van der Waals surface area contributed by atoms with E-state index in [0.29, 0.717) is 22.6 Å². The van der Waals surface area contributed by atoms with E-state index in [0.717, 1.165) is 4.31 Å². The van der Waals surface area contributed by atoms with Gasteiger partial charge in [0.15, 0.2) is 5.82 Å². The summed E-state index contributed by atoms with van der Waals surface area (Å²) >= 11 is 0. The molecule has 10 heteroatoms. The molecule has 0 saturated carbocycles. The molecule has 0 spiro atoms. The maximum absolute atomic E-state index is 13.4. The molecule has 3 aromatic rings. The molecule has 0 bridgehead atoms. The van der Waals surface area contributed by atoms with Crippen LogP contribution >= 0.6 is 0 Å². The van der Waals surface area contributed by atoms with Gasteiger partial charge < -0.3 is 10.1 Å². The molecule has 1 amide bonds. The molecule has 31 heavy (non-hydrogen) atoms. The van der Waals surface area contributed by atoms with Gasteiger partial charge in [-0.15, -0.1) is 0 Å². The fourth-order valence-electron chi connectivity index (χ4n) is 3.06. The number of hydrogen-bond acceptors (Lipinski definition) is 5. The standard InChI is InChI=1S/C21H23FN4O4S/c1-4-26(31(28,29)17-8-9-19(30-3)14(2)10-17)13-21(27)23-20-12-18(24-25-20)15-6-5-7-16(22)11-15/h5-12H,4,13H2,1-3H3,(H2,23,24,25,27). The molecular formula is C21H23FN4O4S. The van der Waals surface area contributed by atoms with Crippen molar-refractivity contribution in [2.45, 2.75) is 18.7 Å². The summed E-state index contributed by atoms with van der Waals surface area (Å²) in [6.07, 6.45) is 0. The molecule has 0 aliphatic rings. The van der Waals surface area contributed by atoms with E-state index in [1.807, 2.05) is 0 Å². The zero-order chi connectivity index (χ0) is 22.6. The molecule has 2 N–H and O–H groups in total. The third-order valence-electron chi connectivity index (χ3n) is 4.66. The van der Waals surface area contributed by atoms with Gasteiger partial charge >= 0.3 is 0 Å². The monoisotopic (exact) mass is 446 g/mol. The lowest BCUT2D eigenvalue weighted by Crippen LogP contribution is -2.37. The first-order valence-electron chi connectivity index (χ1n) is 9.50. The lowest BCUT2D eigenvalue weighted by atomic mass is 10.1. The van der Waals surface area contributed by atoms with Gasteiger partial charge in [0.25, 0.3) is 0 Å². The highest BCUT2D eigenvalue weighted by molar-refractivity contribution is 7.89. The van der Waals surface area contributed by atoms with Crippen molar-refractivity contribution in [1.82, 2.24) is 14.5 Å². The SMILES string of the molecule is CCN(CC(=O)Nc1cc(-c2cccc(F)c2)[nH]n1)S(=O)(=O)c1ccc(OC)c(C)c1. The first kappa shape index (κ1) is 22.4. The predicted octanol–water partition coefficient (Wildman–Crippen LogP) is 3.18. The molecule has 3 rings (SSSR count). The summed E-state index contributed by atoms with van der Waals surface area (Å²) in [4.78, 5) is 12.6. The van der Waals surface area contributed by atoms with Gasteiger partial charge in [-0.2, -0.15) is 9.40 Å². The summed E-state index contributed by atoms with van der Waals surface area (Å²) in [5, 5.41) is 9.27. The molecule has 0 atom stereocenters. The Morgan fingerprint density at radius 3 is 2.65 bits per heavy atom. The van der Waals surface area contributed by atoms with Crippen LogP contribution in [0, 0.1) is 12.7 Å². The average Bonchev–Trinajstić information content (AvgIpc) is 3.20. The van der Waals surface area contributed by atoms with E-state index in [2.05, 4.69) is 15.5 Å². The van der Waals surface area contributed by atoms with Crippen LogP contribution in [0.15, 0.2) is 53.4 Å². The first-order chi connectivity index (χ1) is 14.7. The van der Waals surface area contributed by atoms with Crippen LogP contribution in [0.1, 0.15) is 12.5 Å². The van der Waals surface area contributed by atoms with Gasteiger partial charge in [0, 0.05) is 18.2 Å². The Morgan fingerprint density at radius 2 is 2.00 bits per heavy atom. The number of aryl methyl sites for hydroxylation is 1. The number of hydrogen-bond donors (Lipinski definition) is 2. The first-order valence-corrected chi connectivity index (χ1v) is 10.9. The van der Waals surface area contributed by atoms with E-state index in [4.69, 9.17) is 4.74 Å². The number of carbonyl (C=O) groups is 1. The number of likely N-dealkylation sites (N-methyl/N-ethyl adjacent to an activating group) is 1. The number of carbonyl (C=O) groups excluding carboxylic acids is 1. The number of amides is 1. The number of nitrogens with zero attached hydrogens (tertiary/aromatic N) is 2. The number of rotatable bonds is 8. The van der Waals surface area contributed by atoms with Gasteiger partial charge in [0.2, 0.25) is 15.9 Å². The van der Waals surface area contributed by atoms with Gasteiger partial charge in [0.1, 0.15) is 11.6 Å². The zero-order valence-electron chi connectivity index (χ0n) is 17.3. The van der Waals surface area contributed by atoms with Crippen molar-refractivity contribution in [3.63, 3.8) is 0 Å². The highest BCUT2D eigenvalue weighted by Gasteiger charge is 2.26. The van der Waals surface area contributed by atoms with E-state index in [1.165, 1.54) is 31.4 Å². The number of H-pyrrole nitrogens is 1. The van der Waals surface area contributed by atoms with E-state index >= 15 is 0 Å². The lowest BCUT2D eigenvalue weighted by Gasteiger charge is -2.20. The summed E-state index contributed by atoms with van der Waals surface area (Å²) in [7, 11) is -2.37. The van der Waals surface area contributed by atoms with Crippen molar-refractivity contribution in [3.8, 4) is 17.0 Å². The minimum atomic E-state index is -3.88. The summed E-state index contributed by atoms with van der Waals surface area (Å²) in [6.45, 7) is 3.12. The fraction of sp³-hybridized carbons (Fsp3) is 0.238. The van der Waals surface area contributed by atoms with E-state index in [9.17, 15) is 17.6 Å². The molecule has 1 heterocycles. The van der Waals surface area contributed by atoms with E-state index in [-0.39, 0.29) is 23.8 Å². The highest BCUT2D eigenvalue weighted by atomic mass is 32.2. The number of anilines is 1. The van der Waals surface area contributed by atoms with Crippen molar-refractivity contribution in [2.24, 2.45) is 0 Å². The Balaban J connectivity index is 1.72. The Bertz CT molecular complexity index is 1190. The predicted molar refractivity (Wildman–Crippen MR) is 115 cm³/mol. The fourth-order valence-corrected chi connectivity index (χ4v) is 4.55. The number of sulfonamides is 1. The second-order valence-electron chi connectivity index (χ2n) is 6.79. The van der Waals surface area contributed by atoms with Gasteiger partial charge in [-0.1, -0.05) is 19.1 Å². The minimum Gasteiger partial charge on any atom is -0.496 e. The van der Waals surface area contributed by atoms with Gasteiger partial charge in [-0.05, 0) is 42.8 Å². The number of nitrogens with one attached hydrogen (secondary N) is 2. The normalized spacial score (nSPS) is 11.5. The van der Waals surface area contributed by atoms with Crippen LogP contribution in [0.4, 0.5) is 10.2 Å². The summed E-state index contributed by atoms with van der Waals surface area (Å²) < 4.78 is 45.6.